The number of hydrogen-bond acceptors (Lipinski definition) is 4. The van der Waals surface area contributed by atoms with E-state index in [1.807, 2.05) is 6.92 Å². The van der Waals surface area contributed by atoms with Crippen LogP contribution in [0.1, 0.15) is 65.7 Å². The Morgan fingerprint density at radius 1 is 0.842 bits per heavy atom. The topological polar surface area (TPSA) is 66.0 Å². The van der Waals surface area contributed by atoms with Gasteiger partial charge in [-0.15, -0.1) is 0 Å². The van der Waals surface area contributed by atoms with Gasteiger partial charge in [-0.1, -0.05) is 46.5 Å². The fourth-order valence-electron chi connectivity index (χ4n) is 1.68. The summed E-state index contributed by atoms with van der Waals surface area (Å²) >= 11 is 0. The number of hydrogen-bond donors (Lipinski definition) is 0. The van der Waals surface area contributed by atoms with Crippen LogP contribution in [-0.2, 0) is 9.47 Å². The van der Waals surface area contributed by atoms with Gasteiger partial charge in [0.25, 0.3) is 12.5 Å². The summed E-state index contributed by atoms with van der Waals surface area (Å²) in [5.74, 6) is 0.835. The predicted octanol–water partition coefficient (Wildman–Crippen LogP) is 4.37. The Kier molecular flexibility index (Phi) is 19.8. The second-order valence-electron chi connectivity index (χ2n) is 4.44. The molecule has 4 heteroatoms. The highest BCUT2D eigenvalue weighted by molar-refractivity contribution is 4.58. The van der Waals surface area contributed by atoms with E-state index in [4.69, 9.17) is 10.5 Å². The fraction of sp³-hybridized carbons (Fsp3) is 0.867. The van der Waals surface area contributed by atoms with Crippen LogP contribution in [-0.4, -0.2) is 13.2 Å². The van der Waals surface area contributed by atoms with Crippen molar-refractivity contribution in [2.45, 2.75) is 65.7 Å². The van der Waals surface area contributed by atoms with Crippen LogP contribution in [0, 0.1) is 29.0 Å². The van der Waals surface area contributed by atoms with Crippen molar-refractivity contribution in [1.29, 1.82) is 10.5 Å². The molecule has 1 unspecified atom stereocenters. The molecule has 0 aromatic carbocycles. The highest BCUT2D eigenvalue weighted by atomic mass is 16.5. The van der Waals surface area contributed by atoms with Gasteiger partial charge in [0.05, 0.1) is 0 Å². The molecule has 110 valence electrons. The van der Waals surface area contributed by atoms with Crippen LogP contribution < -0.4 is 0 Å². The number of nitrogens with zero attached hydrogens (tertiary/aromatic N) is 2. The molecule has 4 nitrogen and oxygen atoms in total. The average Bonchev–Trinajstić information content (AvgIpc) is 2.45. The molecule has 0 aliphatic rings. The molecule has 0 heterocycles. The number of unbranched alkanes of at least 4 members (excludes halogenated alkanes) is 1. The van der Waals surface area contributed by atoms with Gasteiger partial charge in [0.2, 0.25) is 0 Å². The second-order valence-corrected chi connectivity index (χ2v) is 4.44. The van der Waals surface area contributed by atoms with Gasteiger partial charge in [0.1, 0.15) is 13.2 Å². The molecule has 0 amide bonds. The zero-order valence-electron chi connectivity index (χ0n) is 12.7. The molecule has 0 saturated carbocycles. The van der Waals surface area contributed by atoms with E-state index < -0.39 is 0 Å². The molecule has 0 saturated heterocycles. The molecule has 0 aliphatic heterocycles. The summed E-state index contributed by atoms with van der Waals surface area (Å²) in [7, 11) is 0. The number of rotatable bonds is 10. The first kappa shape index (κ1) is 19.9. The van der Waals surface area contributed by atoms with Gasteiger partial charge in [0, 0.05) is 0 Å². The zero-order valence-corrected chi connectivity index (χ0v) is 12.7. The molecular formula is C15H28N2O2. The van der Waals surface area contributed by atoms with Gasteiger partial charge >= 0.3 is 0 Å². The van der Waals surface area contributed by atoms with Crippen LogP contribution in [0.25, 0.3) is 0 Å². The lowest BCUT2D eigenvalue weighted by Gasteiger charge is -2.12. The van der Waals surface area contributed by atoms with E-state index in [2.05, 4.69) is 23.3 Å². The standard InChI is InChI=1S/C11H21NO.C4H7NO/c1-3-5-7-11(4-2)8-6-9-13-10-12;1-2-3-6-4-5/h11H,3-9H2,1-2H3;2-3H2,1H3. The first-order valence-electron chi connectivity index (χ1n) is 7.28. The molecule has 0 bridgehead atoms. The summed E-state index contributed by atoms with van der Waals surface area (Å²) < 4.78 is 8.93. The number of ether oxygens (including phenoxy) is 2. The largest absolute Gasteiger partial charge is 0.428 e. The van der Waals surface area contributed by atoms with Crippen molar-refractivity contribution >= 4 is 0 Å². The van der Waals surface area contributed by atoms with Gasteiger partial charge < -0.3 is 9.47 Å². The molecule has 19 heavy (non-hydrogen) atoms. The number of nitriles is 2. The van der Waals surface area contributed by atoms with Gasteiger partial charge in [0.15, 0.2) is 0 Å². The van der Waals surface area contributed by atoms with Gasteiger partial charge in [-0.25, -0.2) is 0 Å². The van der Waals surface area contributed by atoms with Crippen molar-refractivity contribution in [2.24, 2.45) is 5.92 Å². The highest BCUT2D eigenvalue weighted by Gasteiger charge is 2.04. The molecule has 0 N–H and O–H groups in total. The normalized spacial score (nSPS) is 10.4. The fourth-order valence-corrected chi connectivity index (χ4v) is 1.68. The van der Waals surface area contributed by atoms with E-state index in [-0.39, 0.29) is 0 Å². The van der Waals surface area contributed by atoms with Crippen LogP contribution in [0.15, 0.2) is 0 Å². The van der Waals surface area contributed by atoms with Crippen LogP contribution in [0.5, 0.6) is 0 Å². The van der Waals surface area contributed by atoms with Crippen molar-refractivity contribution in [3.8, 4) is 12.5 Å². The van der Waals surface area contributed by atoms with Crippen LogP contribution >= 0.6 is 0 Å². The SMILES string of the molecule is CCCCC(CC)CCCOC#N.CCCOC#N. The summed E-state index contributed by atoms with van der Waals surface area (Å²) in [6.07, 6.45) is 11.6. The quantitative estimate of drug-likeness (QED) is 0.435. The van der Waals surface area contributed by atoms with E-state index in [9.17, 15) is 0 Å². The molecule has 0 fully saturated rings. The molecule has 1 atom stereocenters. The minimum absolute atomic E-state index is 0.552. The molecule has 0 rings (SSSR count). The molecule has 0 aliphatic carbocycles. The van der Waals surface area contributed by atoms with E-state index in [0.717, 1.165) is 18.8 Å². The van der Waals surface area contributed by atoms with Crippen LogP contribution in [0.2, 0.25) is 0 Å². The summed E-state index contributed by atoms with van der Waals surface area (Å²) in [6.45, 7) is 7.57. The van der Waals surface area contributed by atoms with Crippen molar-refractivity contribution in [3.05, 3.63) is 0 Å². The maximum Gasteiger partial charge on any atom is 0.286 e. The summed E-state index contributed by atoms with van der Waals surface area (Å²) in [5.41, 5.74) is 0. The Balaban J connectivity index is 0. The molecular weight excluding hydrogens is 240 g/mol. The van der Waals surface area contributed by atoms with Crippen LogP contribution in [0.4, 0.5) is 0 Å². The van der Waals surface area contributed by atoms with Gasteiger partial charge in [-0.05, 0) is 25.2 Å². The molecule has 0 aromatic rings. The maximum atomic E-state index is 8.16. The third-order valence-electron chi connectivity index (χ3n) is 2.84. The first-order valence-corrected chi connectivity index (χ1v) is 7.28. The predicted molar refractivity (Wildman–Crippen MR) is 76.0 cm³/mol. The Bertz CT molecular complexity index is 244. The average molecular weight is 268 g/mol. The lowest BCUT2D eigenvalue weighted by Crippen LogP contribution is -2.00. The first-order chi connectivity index (χ1) is 9.26. The molecule has 0 radical (unpaired) electrons. The van der Waals surface area contributed by atoms with E-state index >= 15 is 0 Å². The molecule has 0 spiro atoms. The third-order valence-corrected chi connectivity index (χ3v) is 2.84. The Hall–Kier alpha value is -1.42. The summed E-state index contributed by atoms with van der Waals surface area (Å²) in [5, 5.41) is 15.9. The smallest absolute Gasteiger partial charge is 0.286 e. The Morgan fingerprint density at radius 3 is 1.84 bits per heavy atom. The van der Waals surface area contributed by atoms with E-state index in [1.165, 1.54) is 32.1 Å². The lowest BCUT2D eigenvalue weighted by atomic mass is 9.94. The summed E-state index contributed by atoms with van der Waals surface area (Å²) in [6, 6.07) is 0. The second kappa shape index (κ2) is 18.9. The van der Waals surface area contributed by atoms with E-state index in [0.29, 0.717) is 13.2 Å². The maximum absolute atomic E-state index is 8.16. The van der Waals surface area contributed by atoms with Crippen molar-refractivity contribution in [2.75, 3.05) is 13.2 Å². The Labute approximate surface area is 118 Å². The van der Waals surface area contributed by atoms with Crippen molar-refractivity contribution in [3.63, 3.8) is 0 Å². The lowest BCUT2D eigenvalue weighted by molar-refractivity contribution is 0.247. The zero-order chi connectivity index (χ0) is 14.8. The minimum Gasteiger partial charge on any atom is -0.428 e. The highest BCUT2D eigenvalue weighted by Crippen LogP contribution is 2.18. The van der Waals surface area contributed by atoms with Gasteiger partial charge in [-0.2, -0.15) is 10.5 Å². The van der Waals surface area contributed by atoms with Crippen molar-refractivity contribution in [1.82, 2.24) is 0 Å². The molecule has 0 aromatic heterocycles. The third kappa shape index (κ3) is 19.1. The van der Waals surface area contributed by atoms with Crippen molar-refractivity contribution < 1.29 is 9.47 Å². The monoisotopic (exact) mass is 268 g/mol. The minimum atomic E-state index is 0.552. The Morgan fingerprint density at radius 2 is 1.42 bits per heavy atom. The summed E-state index contributed by atoms with van der Waals surface area (Å²) in [4.78, 5) is 0. The van der Waals surface area contributed by atoms with E-state index in [1.54, 1.807) is 12.5 Å². The van der Waals surface area contributed by atoms with Crippen LogP contribution in [0.3, 0.4) is 0 Å². The van der Waals surface area contributed by atoms with Gasteiger partial charge in [-0.3, -0.25) is 0 Å².